The smallest absolute Gasteiger partial charge is 0.132 e. The van der Waals surface area contributed by atoms with Crippen molar-refractivity contribution in [2.24, 2.45) is 7.05 Å². The Morgan fingerprint density at radius 1 is 1.28 bits per heavy atom. The fourth-order valence-electron chi connectivity index (χ4n) is 2.04. The predicted molar refractivity (Wildman–Crippen MR) is 74.1 cm³/mol. The zero-order chi connectivity index (χ0) is 13.4. The molecule has 0 bridgehead atoms. The first-order valence-corrected chi connectivity index (χ1v) is 5.97. The molecule has 0 amide bonds. The Morgan fingerprint density at radius 2 is 1.94 bits per heavy atom. The standard InChI is InChI=1S/C13H16ClN3O/c1-7-5-8(2)13(18-4)11(12(7)14)9-6-10(15)17(3)16-9/h5-6H,15H2,1-4H3. The minimum atomic E-state index is 0.585. The van der Waals surface area contributed by atoms with Crippen LogP contribution in [0.1, 0.15) is 11.1 Å². The van der Waals surface area contributed by atoms with E-state index in [1.165, 1.54) is 0 Å². The Labute approximate surface area is 111 Å². The van der Waals surface area contributed by atoms with E-state index in [4.69, 9.17) is 22.1 Å². The van der Waals surface area contributed by atoms with Gasteiger partial charge in [0.1, 0.15) is 11.6 Å². The van der Waals surface area contributed by atoms with Crippen molar-refractivity contribution in [1.82, 2.24) is 9.78 Å². The molecule has 0 aliphatic carbocycles. The fraction of sp³-hybridized carbons (Fsp3) is 0.308. The molecule has 2 aromatic rings. The molecule has 1 heterocycles. The monoisotopic (exact) mass is 265 g/mol. The van der Waals surface area contributed by atoms with Gasteiger partial charge in [0.2, 0.25) is 0 Å². The van der Waals surface area contributed by atoms with Crippen LogP contribution in [-0.4, -0.2) is 16.9 Å². The van der Waals surface area contributed by atoms with Gasteiger partial charge in [-0.1, -0.05) is 17.7 Å². The van der Waals surface area contributed by atoms with Crippen LogP contribution in [0.15, 0.2) is 12.1 Å². The van der Waals surface area contributed by atoms with Crippen molar-refractivity contribution in [2.45, 2.75) is 13.8 Å². The first kappa shape index (κ1) is 12.8. The Balaban J connectivity index is 2.76. The number of rotatable bonds is 2. The van der Waals surface area contributed by atoms with Crippen LogP contribution in [0.3, 0.4) is 0 Å². The van der Waals surface area contributed by atoms with E-state index in [1.807, 2.05) is 19.9 Å². The number of aromatic nitrogens is 2. The summed E-state index contributed by atoms with van der Waals surface area (Å²) >= 11 is 6.38. The number of nitrogens with two attached hydrogens (primary N) is 1. The second-order valence-electron chi connectivity index (χ2n) is 4.31. The molecular weight excluding hydrogens is 250 g/mol. The average Bonchev–Trinajstić information content (AvgIpc) is 2.63. The van der Waals surface area contributed by atoms with Crippen molar-refractivity contribution >= 4 is 17.4 Å². The van der Waals surface area contributed by atoms with Crippen molar-refractivity contribution in [3.63, 3.8) is 0 Å². The molecule has 0 fully saturated rings. The third-order valence-corrected chi connectivity index (χ3v) is 3.45. The molecule has 1 aromatic heterocycles. The summed E-state index contributed by atoms with van der Waals surface area (Å²) in [6.45, 7) is 3.95. The van der Waals surface area contributed by atoms with Gasteiger partial charge in [0.05, 0.1) is 23.4 Å². The van der Waals surface area contributed by atoms with Gasteiger partial charge in [0.15, 0.2) is 0 Å². The van der Waals surface area contributed by atoms with E-state index >= 15 is 0 Å². The van der Waals surface area contributed by atoms with Gasteiger partial charge in [-0.05, 0) is 25.0 Å². The summed E-state index contributed by atoms with van der Waals surface area (Å²) in [5, 5.41) is 5.01. The summed E-state index contributed by atoms with van der Waals surface area (Å²) in [7, 11) is 3.42. The third-order valence-electron chi connectivity index (χ3n) is 2.96. The summed E-state index contributed by atoms with van der Waals surface area (Å²) in [5.74, 6) is 1.32. The lowest BCUT2D eigenvalue weighted by atomic mass is 10.0. The van der Waals surface area contributed by atoms with E-state index in [1.54, 1.807) is 24.9 Å². The minimum Gasteiger partial charge on any atom is -0.496 e. The Morgan fingerprint density at radius 3 is 2.44 bits per heavy atom. The predicted octanol–water partition coefficient (Wildman–Crippen LogP) is 2.95. The molecule has 0 unspecified atom stereocenters. The number of anilines is 1. The number of benzene rings is 1. The van der Waals surface area contributed by atoms with Crippen LogP contribution in [0, 0.1) is 13.8 Å². The van der Waals surface area contributed by atoms with Gasteiger partial charge < -0.3 is 10.5 Å². The van der Waals surface area contributed by atoms with Crippen molar-refractivity contribution < 1.29 is 4.74 Å². The van der Waals surface area contributed by atoms with E-state index in [-0.39, 0.29) is 0 Å². The van der Waals surface area contributed by atoms with E-state index in [0.717, 1.165) is 28.1 Å². The average molecular weight is 266 g/mol. The van der Waals surface area contributed by atoms with Gasteiger partial charge in [-0.3, -0.25) is 4.68 Å². The highest BCUT2D eigenvalue weighted by molar-refractivity contribution is 6.34. The molecule has 96 valence electrons. The molecule has 18 heavy (non-hydrogen) atoms. The number of ether oxygens (including phenoxy) is 1. The molecule has 5 heteroatoms. The summed E-state index contributed by atoms with van der Waals surface area (Å²) < 4.78 is 7.05. The van der Waals surface area contributed by atoms with Crippen LogP contribution >= 0.6 is 11.6 Å². The number of nitrogens with zero attached hydrogens (tertiary/aromatic N) is 2. The first-order valence-electron chi connectivity index (χ1n) is 5.59. The number of nitrogen functional groups attached to an aromatic ring is 1. The van der Waals surface area contributed by atoms with Gasteiger partial charge in [-0.25, -0.2) is 0 Å². The normalized spacial score (nSPS) is 10.7. The molecule has 0 saturated heterocycles. The van der Waals surface area contributed by atoms with Crippen LogP contribution in [0.4, 0.5) is 5.82 Å². The summed E-state index contributed by atoms with van der Waals surface area (Å²) in [5.41, 5.74) is 9.35. The number of hydrogen-bond donors (Lipinski definition) is 1. The molecule has 0 spiro atoms. The fourth-order valence-corrected chi connectivity index (χ4v) is 2.28. The summed E-state index contributed by atoms with van der Waals surface area (Å²) in [6, 6.07) is 3.79. The highest BCUT2D eigenvalue weighted by atomic mass is 35.5. The van der Waals surface area contributed by atoms with Crippen LogP contribution in [0.5, 0.6) is 5.75 Å². The van der Waals surface area contributed by atoms with E-state index in [2.05, 4.69) is 5.10 Å². The molecule has 2 N–H and O–H groups in total. The van der Waals surface area contributed by atoms with Crippen molar-refractivity contribution in [3.05, 3.63) is 28.3 Å². The molecule has 0 radical (unpaired) electrons. The lowest BCUT2D eigenvalue weighted by molar-refractivity contribution is 0.413. The van der Waals surface area contributed by atoms with E-state index in [9.17, 15) is 0 Å². The molecule has 0 aliphatic heterocycles. The molecule has 0 aliphatic rings. The largest absolute Gasteiger partial charge is 0.496 e. The maximum atomic E-state index is 6.38. The Hall–Kier alpha value is -1.68. The maximum absolute atomic E-state index is 6.38. The number of methoxy groups -OCH3 is 1. The van der Waals surface area contributed by atoms with Crippen LogP contribution < -0.4 is 10.5 Å². The third kappa shape index (κ3) is 1.93. The summed E-state index contributed by atoms with van der Waals surface area (Å²) in [6.07, 6.45) is 0. The molecule has 0 saturated carbocycles. The Kier molecular flexibility index (Phi) is 3.22. The van der Waals surface area contributed by atoms with Crippen molar-refractivity contribution in [1.29, 1.82) is 0 Å². The lowest BCUT2D eigenvalue weighted by Gasteiger charge is -2.13. The quantitative estimate of drug-likeness (QED) is 0.908. The minimum absolute atomic E-state index is 0.585. The number of aryl methyl sites for hydroxylation is 3. The molecule has 2 rings (SSSR count). The van der Waals surface area contributed by atoms with Crippen molar-refractivity contribution in [2.75, 3.05) is 12.8 Å². The van der Waals surface area contributed by atoms with Gasteiger partial charge >= 0.3 is 0 Å². The van der Waals surface area contributed by atoms with Gasteiger partial charge in [0.25, 0.3) is 0 Å². The molecular formula is C13H16ClN3O. The maximum Gasteiger partial charge on any atom is 0.132 e. The van der Waals surface area contributed by atoms with Gasteiger partial charge in [0, 0.05) is 13.1 Å². The zero-order valence-electron chi connectivity index (χ0n) is 10.9. The second-order valence-corrected chi connectivity index (χ2v) is 4.69. The zero-order valence-corrected chi connectivity index (χ0v) is 11.7. The molecule has 0 atom stereocenters. The van der Waals surface area contributed by atoms with Gasteiger partial charge in [-0.2, -0.15) is 5.10 Å². The summed E-state index contributed by atoms with van der Waals surface area (Å²) in [4.78, 5) is 0. The number of halogens is 1. The Bertz CT molecular complexity index is 585. The first-order chi connectivity index (χ1) is 8.45. The number of hydrogen-bond acceptors (Lipinski definition) is 3. The second kappa shape index (κ2) is 4.53. The molecule has 4 nitrogen and oxygen atoms in total. The highest BCUT2D eigenvalue weighted by Gasteiger charge is 2.18. The SMILES string of the molecule is COc1c(C)cc(C)c(Cl)c1-c1cc(N)n(C)n1. The highest BCUT2D eigenvalue weighted by Crippen LogP contribution is 2.40. The topological polar surface area (TPSA) is 53.1 Å². The molecule has 1 aromatic carbocycles. The van der Waals surface area contributed by atoms with Crippen LogP contribution in [0.25, 0.3) is 11.3 Å². The van der Waals surface area contributed by atoms with E-state index < -0.39 is 0 Å². The van der Waals surface area contributed by atoms with Crippen molar-refractivity contribution in [3.8, 4) is 17.0 Å². The van der Waals surface area contributed by atoms with E-state index in [0.29, 0.717) is 10.8 Å². The lowest BCUT2D eigenvalue weighted by Crippen LogP contribution is -1.98. The van der Waals surface area contributed by atoms with Crippen LogP contribution in [-0.2, 0) is 7.05 Å². The van der Waals surface area contributed by atoms with Gasteiger partial charge in [-0.15, -0.1) is 0 Å². The van der Waals surface area contributed by atoms with Crippen LogP contribution in [0.2, 0.25) is 5.02 Å².